The van der Waals surface area contributed by atoms with Crippen molar-refractivity contribution in [1.29, 1.82) is 0 Å². The molecule has 3 rings (SSSR count). The van der Waals surface area contributed by atoms with Gasteiger partial charge < -0.3 is 10.6 Å². The third-order valence-electron chi connectivity index (χ3n) is 5.65. The molecule has 132 valence electrons. The smallest absolute Gasteiger partial charge is 0.191 e. The van der Waals surface area contributed by atoms with Gasteiger partial charge in [-0.05, 0) is 56.8 Å². The lowest BCUT2D eigenvalue weighted by Crippen LogP contribution is -2.50. The van der Waals surface area contributed by atoms with E-state index in [1.807, 2.05) is 0 Å². The van der Waals surface area contributed by atoms with Gasteiger partial charge in [-0.3, -0.25) is 4.99 Å². The maximum absolute atomic E-state index is 13.4. The molecular weight excluding hydrogens is 336 g/mol. The number of hydrogen-bond acceptors (Lipinski definition) is 3. The highest BCUT2D eigenvalue weighted by molar-refractivity contribution is 6.30. The van der Waals surface area contributed by atoms with Gasteiger partial charge in [-0.25, -0.2) is 4.39 Å². The molecule has 1 heterocycles. The number of rotatable bonds is 4. The minimum absolute atomic E-state index is 0.00225. The van der Waals surface area contributed by atoms with E-state index in [0.717, 1.165) is 57.6 Å². The Bertz CT molecular complexity index is 413. The molecule has 4 atom stereocenters. The van der Waals surface area contributed by atoms with Crippen molar-refractivity contribution in [3.05, 3.63) is 0 Å². The molecule has 23 heavy (non-hydrogen) atoms. The maximum atomic E-state index is 13.4. The average Bonchev–Trinajstić information content (AvgIpc) is 3.05. The van der Waals surface area contributed by atoms with Crippen molar-refractivity contribution in [1.82, 2.24) is 10.6 Å². The van der Waals surface area contributed by atoms with Gasteiger partial charge in [0.2, 0.25) is 0 Å². The molecule has 0 radical (unpaired) electrons. The van der Waals surface area contributed by atoms with E-state index in [4.69, 9.17) is 23.2 Å². The van der Waals surface area contributed by atoms with E-state index in [-0.39, 0.29) is 16.8 Å². The normalized spacial score (nSPS) is 39.4. The molecule has 0 aromatic rings. The number of nitrogens with one attached hydrogen (secondary N) is 2. The van der Waals surface area contributed by atoms with Crippen LogP contribution in [0.25, 0.3) is 0 Å². The van der Waals surface area contributed by atoms with Gasteiger partial charge in [0.15, 0.2) is 5.96 Å². The summed E-state index contributed by atoms with van der Waals surface area (Å²) in [7, 11) is 0. The third kappa shape index (κ3) is 4.66. The molecule has 0 aromatic carbocycles. The van der Waals surface area contributed by atoms with Gasteiger partial charge in [0, 0.05) is 12.6 Å². The molecule has 0 aromatic heterocycles. The lowest BCUT2D eigenvalue weighted by atomic mass is 9.76. The van der Waals surface area contributed by atoms with E-state index in [0.29, 0.717) is 24.7 Å². The van der Waals surface area contributed by atoms with Crippen LogP contribution in [0.3, 0.4) is 0 Å². The van der Waals surface area contributed by atoms with Crippen LogP contribution in [0.4, 0.5) is 4.39 Å². The van der Waals surface area contributed by atoms with Crippen LogP contribution in [0.5, 0.6) is 0 Å². The molecule has 3 nitrogen and oxygen atoms in total. The third-order valence-corrected chi connectivity index (χ3v) is 6.90. The predicted molar refractivity (Wildman–Crippen MR) is 95.3 cm³/mol. The van der Waals surface area contributed by atoms with Gasteiger partial charge in [-0.15, -0.1) is 23.2 Å². The van der Waals surface area contributed by atoms with Gasteiger partial charge in [0.1, 0.15) is 6.17 Å². The Labute approximate surface area is 148 Å². The van der Waals surface area contributed by atoms with Crippen LogP contribution in [-0.4, -0.2) is 42.0 Å². The van der Waals surface area contributed by atoms with Gasteiger partial charge in [0.05, 0.1) is 17.3 Å². The predicted octanol–water partition coefficient (Wildman–Crippen LogP) is 3.84. The summed E-state index contributed by atoms with van der Waals surface area (Å²) in [4.78, 5) is 4.48. The molecule has 2 saturated carbocycles. The van der Waals surface area contributed by atoms with Crippen LogP contribution in [-0.2, 0) is 0 Å². The average molecular weight is 364 g/mol. The molecule has 0 amide bonds. The van der Waals surface area contributed by atoms with E-state index < -0.39 is 6.17 Å². The monoisotopic (exact) mass is 363 g/mol. The van der Waals surface area contributed by atoms with Crippen molar-refractivity contribution in [2.24, 2.45) is 16.8 Å². The van der Waals surface area contributed by atoms with Crippen molar-refractivity contribution in [3.63, 3.8) is 0 Å². The van der Waals surface area contributed by atoms with Crippen LogP contribution in [0, 0.1) is 11.8 Å². The van der Waals surface area contributed by atoms with Crippen molar-refractivity contribution in [3.8, 4) is 0 Å². The second kappa shape index (κ2) is 8.24. The maximum Gasteiger partial charge on any atom is 0.191 e. The highest BCUT2D eigenvalue weighted by atomic mass is 35.5. The number of halogens is 3. The second-order valence-electron chi connectivity index (χ2n) is 7.32. The second-order valence-corrected chi connectivity index (χ2v) is 8.38. The largest absolute Gasteiger partial charge is 0.355 e. The molecule has 1 aliphatic heterocycles. The van der Waals surface area contributed by atoms with E-state index in [1.165, 1.54) is 0 Å². The van der Waals surface area contributed by atoms with Crippen molar-refractivity contribution < 1.29 is 4.39 Å². The summed E-state index contributed by atoms with van der Waals surface area (Å²) in [6.45, 7) is 1.73. The Morgan fingerprint density at radius 1 is 1.17 bits per heavy atom. The Kier molecular flexibility index (Phi) is 6.31. The number of nitrogens with zero attached hydrogens (tertiary/aromatic N) is 1. The number of hydrogen-bond donors (Lipinski definition) is 2. The fourth-order valence-electron chi connectivity index (χ4n) is 4.29. The van der Waals surface area contributed by atoms with Crippen molar-refractivity contribution in [2.45, 2.75) is 74.3 Å². The molecule has 0 spiro atoms. The number of aliphatic imine (C=N–C) groups is 1. The summed E-state index contributed by atoms with van der Waals surface area (Å²) in [5.74, 6) is 1.84. The summed E-state index contributed by atoms with van der Waals surface area (Å²) in [6.07, 6.45) is 7.11. The fraction of sp³-hybridized carbons (Fsp3) is 0.941. The first-order valence-corrected chi connectivity index (χ1v) is 9.98. The quantitative estimate of drug-likeness (QED) is 0.744. The van der Waals surface area contributed by atoms with Gasteiger partial charge in [-0.2, -0.15) is 0 Å². The Morgan fingerprint density at radius 3 is 2.65 bits per heavy atom. The van der Waals surface area contributed by atoms with Crippen molar-refractivity contribution in [2.75, 3.05) is 13.1 Å². The first kappa shape index (κ1) is 17.6. The van der Waals surface area contributed by atoms with E-state index in [1.54, 1.807) is 0 Å². The zero-order valence-electron chi connectivity index (χ0n) is 13.6. The number of guanidine groups is 1. The fourth-order valence-corrected chi connectivity index (χ4v) is 5.05. The minimum atomic E-state index is -0.596. The Hall–Kier alpha value is -0.220. The molecule has 2 aliphatic carbocycles. The lowest BCUT2D eigenvalue weighted by molar-refractivity contribution is 0.176. The highest BCUT2D eigenvalue weighted by Gasteiger charge is 2.37. The van der Waals surface area contributed by atoms with E-state index in [9.17, 15) is 4.39 Å². The summed E-state index contributed by atoms with van der Waals surface area (Å²) < 4.78 is 13.4. The van der Waals surface area contributed by atoms with Crippen LogP contribution in [0.1, 0.15) is 51.4 Å². The topological polar surface area (TPSA) is 36.4 Å². The summed E-state index contributed by atoms with van der Waals surface area (Å²) in [5, 5.41) is 6.95. The Morgan fingerprint density at radius 2 is 1.96 bits per heavy atom. The first-order valence-electron chi connectivity index (χ1n) is 9.10. The van der Waals surface area contributed by atoms with Crippen LogP contribution < -0.4 is 10.6 Å². The molecule has 2 fully saturated rings. The summed E-state index contributed by atoms with van der Waals surface area (Å²) >= 11 is 13.1. The zero-order valence-corrected chi connectivity index (χ0v) is 15.1. The summed E-state index contributed by atoms with van der Waals surface area (Å²) in [5.41, 5.74) is 0. The van der Waals surface area contributed by atoms with Gasteiger partial charge in [-0.1, -0.05) is 6.42 Å². The molecule has 2 N–H and O–H groups in total. The number of alkyl halides is 3. The Balaban J connectivity index is 1.65. The lowest BCUT2D eigenvalue weighted by Gasteiger charge is -2.39. The molecular formula is C17H28Cl2FN3. The van der Waals surface area contributed by atoms with Gasteiger partial charge in [0.25, 0.3) is 0 Å². The minimum Gasteiger partial charge on any atom is -0.355 e. The van der Waals surface area contributed by atoms with Crippen LogP contribution in [0.15, 0.2) is 4.99 Å². The van der Waals surface area contributed by atoms with E-state index in [2.05, 4.69) is 15.6 Å². The highest BCUT2D eigenvalue weighted by Crippen LogP contribution is 2.38. The molecule has 6 heteroatoms. The van der Waals surface area contributed by atoms with Gasteiger partial charge >= 0.3 is 0 Å². The van der Waals surface area contributed by atoms with E-state index >= 15 is 0 Å². The first-order chi connectivity index (χ1) is 11.1. The zero-order chi connectivity index (χ0) is 16.2. The molecule has 3 aliphatic rings. The summed E-state index contributed by atoms with van der Waals surface area (Å²) in [6, 6.07) is 0.282. The molecule has 0 bridgehead atoms. The van der Waals surface area contributed by atoms with Crippen LogP contribution >= 0.6 is 23.2 Å². The van der Waals surface area contributed by atoms with Crippen molar-refractivity contribution >= 4 is 29.2 Å². The standard InChI is InChI=1S/C17H28Cl2FN3/c18-14-3-1-2-13(16(14)19)15(23-17-21-8-9-22-17)10-11-4-6-12(20)7-5-11/h11-16H,1-10H2,(H2,21,22,23). The van der Waals surface area contributed by atoms with Crippen LogP contribution in [0.2, 0.25) is 0 Å². The SMILES string of the molecule is FC1CCC(CC(NC2=NCCN2)C2CCCC(Cl)C2Cl)CC1. The molecule has 0 saturated heterocycles. The molecule has 4 unspecified atom stereocenters.